The second-order valence-electron chi connectivity index (χ2n) is 6.37. The quantitative estimate of drug-likeness (QED) is 0.435. The molecule has 0 saturated carbocycles. The Morgan fingerprint density at radius 1 is 1.11 bits per heavy atom. The third-order valence-corrected chi connectivity index (χ3v) is 4.29. The fraction of sp³-hybridized carbons (Fsp3) is 0.217. The minimum atomic E-state index is -0.335. The standard InChI is InChI=1S/C23H23NO4/c1-16(23(25)26-3)15-18-9-11-20(12-10-18)27-14-13-21-17(2)28-22(24-21)19-7-5-4-6-8-19/h4-12,15H,13-14H2,1-3H3/b16-15+. The van der Waals surface area contributed by atoms with Gasteiger partial charge in [0.05, 0.1) is 19.4 Å². The monoisotopic (exact) mass is 377 g/mol. The van der Waals surface area contributed by atoms with Gasteiger partial charge in [-0.15, -0.1) is 0 Å². The molecule has 144 valence electrons. The first-order chi connectivity index (χ1) is 13.6. The largest absolute Gasteiger partial charge is 0.493 e. The van der Waals surface area contributed by atoms with E-state index in [4.69, 9.17) is 13.9 Å². The van der Waals surface area contributed by atoms with Gasteiger partial charge in [0.25, 0.3) is 0 Å². The zero-order chi connectivity index (χ0) is 19.9. The molecule has 0 amide bonds. The number of ether oxygens (including phenoxy) is 2. The average molecular weight is 377 g/mol. The number of hydrogen-bond donors (Lipinski definition) is 0. The van der Waals surface area contributed by atoms with Gasteiger partial charge in [0.15, 0.2) is 0 Å². The maximum atomic E-state index is 11.5. The van der Waals surface area contributed by atoms with Crippen LogP contribution >= 0.6 is 0 Å². The smallest absolute Gasteiger partial charge is 0.333 e. The number of methoxy groups -OCH3 is 1. The summed E-state index contributed by atoms with van der Waals surface area (Å²) < 4.78 is 16.3. The Morgan fingerprint density at radius 3 is 2.50 bits per heavy atom. The number of carbonyl (C=O) groups is 1. The molecular weight excluding hydrogens is 354 g/mol. The fourth-order valence-corrected chi connectivity index (χ4v) is 2.76. The van der Waals surface area contributed by atoms with Crippen LogP contribution < -0.4 is 4.74 Å². The fourth-order valence-electron chi connectivity index (χ4n) is 2.76. The second-order valence-corrected chi connectivity index (χ2v) is 6.37. The first kappa shape index (κ1) is 19.4. The van der Waals surface area contributed by atoms with E-state index in [0.717, 1.165) is 28.3 Å². The minimum absolute atomic E-state index is 0.335. The molecule has 0 fully saturated rings. The number of esters is 1. The summed E-state index contributed by atoms with van der Waals surface area (Å²) in [5, 5.41) is 0. The lowest BCUT2D eigenvalue weighted by Gasteiger charge is -2.06. The van der Waals surface area contributed by atoms with E-state index in [1.165, 1.54) is 7.11 Å². The Morgan fingerprint density at radius 2 is 1.82 bits per heavy atom. The van der Waals surface area contributed by atoms with Gasteiger partial charge in [-0.25, -0.2) is 9.78 Å². The molecular formula is C23H23NO4. The Balaban J connectivity index is 1.57. The SMILES string of the molecule is COC(=O)/C(C)=C/c1ccc(OCCc2nc(-c3ccccc3)oc2C)cc1. The highest BCUT2D eigenvalue weighted by molar-refractivity contribution is 5.92. The van der Waals surface area contributed by atoms with Crippen LogP contribution in [0.2, 0.25) is 0 Å². The summed E-state index contributed by atoms with van der Waals surface area (Å²) in [5.41, 5.74) is 3.32. The van der Waals surface area contributed by atoms with Crippen molar-refractivity contribution in [2.45, 2.75) is 20.3 Å². The van der Waals surface area contributed by atoms with Crippen LogP contribution in [0.1, 0.15) is 23.9 Å². The molecule has 0 N–H and O–H groups in total. The van der Waals surface area contributed by atoms with Gasteiger partial charge in [-0.05, 0) is 49.8 Å². The van der Waals surface area contributed by atoms with Crippen molar-refractivity contribution in [2.24, 2.45) is 0 Å². The molecule has 0 aliphatic rings. The van der Waals surface area contributed by atoms with Crippen LogP contribution in [0, 0.1) is 6.92 Å². The molecule has 1 aromatic heterocycles. The zero-order valence-corrected chi connectivity index (χ0v) is 16.3. The van der Waals surface area contributed by atoms with Crippen molar-refractivity contribution in [3.05, 3.63) is 77.2 Å². The number of hydrogen-bond acceptors (Lipinski definition) is 5. The molecule has 2 aromatic carbocycles. The van der Waals surface area contributed by atoms with Gasteiger partial charge < -0.3 is 13.9 Å². The molecule has 0 atom stereocenters. The van der Waals surface area contributed by atoms with E-state index in [2.05, 4.69) is 4.98 Å². The van der Waals surface area contributed by atoms with E-state index in [-0.39, 0.29) is 5.97 Å². The lowest BCUT2D eigenvalue weighted by molar-refractivity contribution is -0.135. The van der Waals surface area contributed by atoms with Crippen molar-refractivity contribution >= 4 is 12.0 Å². The number of nitrogens with zero attached hydrogens (tertiary/aromatic N) is 1. The number of aryl methyl sites for hydroxylation is 1. The summed E-state index contributed by atoms with van der Waals surface area (Å²) in [6, 6.07) is 17.4. The van der Waals surface area contributed by atoms with Crippen LogP contribution in [0.5, 0.6) is 5.75 Å². The molecule has 1 heterocycles. The molecule has 0 saturated heterocycles. The van der Waals surface area contributed by atoms with E-state index in [1.807, 2.05) is 61.5 Å². The number of rotatable bonds is 7. The lowest BCUT2D eigenvalue weighted by Crippen LogP contribution is -2.03. The van der Waals surface area contributed by atoms with Crippen LogP contribution in [-0.4, -0.2) is 24.7 Å². The summed E-state index contributed by atoms with van der Waals surface area (Å²) in [5.74, 6) is 1.86. The number of oxazole rings is 1. The molecule has 5 nitrogen and oxygen atoms in total. The van der Waals surface area contributed by atoms with E-state index in [9.17, 15) is 4.79 Å². The molecule has 0 spiro atoms. The average Bonchev–Trinajstić information content (AvgIpc) is 3.10. The molecule has 28 heavy (non-hydrogen) atoms. The molecule has 5 heteroatoms. The van der Waals surface area contributed by atoms with Crippen molar-refractivity contribution in [3.8, 4) is 17.2 Å². The summed E-state index contributed by atoms with van der Waals surface area (Å²) in [7, 11) is 1.37. The van der Waals surface area contributed by atoms with E-state index < -0.39 is 0 Å². The first-order valence-corrected chi connectivity index (χ1v) is 9.08. The lowest BCUT2D eigenvalue weighted by atomic mass is 10.1. The van der Waals surface area contributed by atoms with Crippen molar-refractivity contribution in [1.82, 2.24) is 4.98 Å². The predicted molar refractivity (Wildman–Crippen MR) is 108 cm³/mol. The highest BCUT2D eigenvalue weighted by atomic mass is 16.5. The maximum absolute atomic E-state index is 11.5. The van der Waals surface area contributed by atoms with Crippen molar-refractivity contribution < 1.29 is 18.7 Å². The van der Waals surface area contributed by atoms with Gasteiger partial charge in [-0.2, -0.15) is 0 Å². The van der Waals surface area contributed by atoms with Crippen LogP contribution in [-0.2, 0) is 16.0 Å². The van der Waals surface area contributed by atoms with Crippen LogP contribution in [0.4, 0.5) is 0 Å². The van der Waals surface area contributed by atoms with Crippen LogP contribution in [0.25, 0.3) is 17.5 Å². The van der Waals surface area contributed by atoms with E-state index in [0.29, 0.717) is 24.5 Å². The Kier molecular flexibility index (Phi) is 6.27. The number of aromatic nitrogens is 1. The van der Waals surface area contributed by atoms with Crippen LogP contribution in [0.3, 0.4) is 0 Å². The molecule has 0 radical (unpaired) electrons. The van der Waals surface area contributed by atoms with Gasteiger partial charge in [0, 0.05) is 17.6 Å². The number of carbonyl (C=O) groups excluding carboxylic acids is 1. The van der Waals surface area contributed by atoms with E-state index >= 15 is 0 Å². The molecule has 0 bridgehead atoms. The predicted octanol–water partition coefficient (Wildman–Crippen LogP) is 4.85. The normalized spacial score (nSPS) is 11.3. The highest BCUT2D eigenvalue weighted by Crippen LogP contribution is 2.22. The molecule has 3 rings (SSSR count). The Labute approximate surface area is 164 Å². The molecule has 0 unspecified atom stereocenters. The van der Waals surface area contributed by atoms with Gasteiger partial charge >= 0.3 is 5.97 Å². The van der Waals surface area contributed by atoms with Gasteiger partial charge in [-0.3, -0.25) is 0 Å². The summed E-state index contributed by atoms with van der Waals surface area (Å²) in [6.45, 7) is 4.14. The summed E-state index contributed by atoms with van der Waals surface area (Å²) in [4.78, 5) is 16.0. The Hall–Kier alpha value is -3.34. The zero-order valence-electron chi connectivity index (χ0n) is 16.3. The Bertz CT molecular complexity index is 956. The van der Waals surface area contributed by atoms with Crippen LogP contribution in [0.15, 0.2) is 64.6 Å². The van der Waals surface area contributed by atoms with Gasteiger partial charge in [-0.1, -0.05) is 30.3 Å². The first-order valence-electron chi connectivity index (χ1n) is 9.08. The molecule has 3 aromatic rings. The third-order valence-electron chi connectivity index (χ3n) is 4.29. The maximum Gasteiger partial charge on any atom is 0.333 e. The second kappa shape index (κ2) is 9.04. The van der Waals surface area contributed by atoms with Gasteiger partial charge in [0.1, 0.15) is 11.5 Å². The topological polar surface area (TPSA) is 61.6 Å². The highest BCUT2D eigenvalue weighted by Gasteiger charge is 2.11. The van der Waals surface area contributed by atoms with Crippen molar-refractivity contribution in [1.29, 1.82) is 0 Å². The van der Waals surface area contributed by atoms with Crippen molar-refractivity contribution in [2.75, 3.05) is 13.7 Å². The molecule has 0 aliphatic heterocycles. The number of benzene rings is 2. The minimum Gasteiger partial charge on any atom is -0.493 e. The summed E-state index contributed by atoms with van der Waals surface area (Å²) >= 11 is 0. The summed E-state index contributed by atoms with van der Waals surface area (Å²) in [6.07, 6.45) is 2.44. The van der Waals surface area contributed by atoms with Crippen molar-refractivity contribution in [3.63, 3.8) is 0 Å². The van der Waals surface area contributed by atoms with Gasteiger partial charge in [0.2, 0.25) is 5.89 Å². The third kappa shape index (κ3) is 4.88. The molecule has 0 aliphatic carbocycles. The van der Waals surface area contributed by atoms with E-state index in [1.54, 1.807) is 13.0 Å².